The van der Waals surface area contributed by atoms with Crippen LogP contribution in [0.1, 0.15) is 0 Å². The molecular weight excluding hydrogens is 225 g/mol. The molecule has 16 heavy (non-hydrogen) atoms. The summed E-state index contributed by atoms with van der Waals surface area (Å²) < 4.78 is 49.4. The molecule has 0 aromatic heterocycles. The van der Waals surface area contributed by atoms with Crippen molar-refractivity contribution in [2.24, 2.45) is 0 Å². The number of hydrogen-bond donors (Lipinski definition) is 0. The van der Waals surface area contributed by atoms with Crippen LogP contribution in [0.25, 0.3) is 0 Å². The van der Waals surface area contributed by atoms with Gasteiger partial charge in [-0.05, 0) is 24.3 Å². The third kappa shape index (κ3) is 3.62. The van der Waals surface area contributed by atoms with Crippen molar-refractivity contribution >= 4 is 0 Å². The van der Waals surface area contributed by atoms with Gasteiger partial charge in [0.25, 0.3) is 0 Å². The van der Waals surface area contributed by atoms with Crippen LogP contribution in [0.3, 0.4) is 0 Å². The molecule has 3 nitrogen and oxygen atoms in total. The molecule has 1 aromatic carbocycles. The summed E-state index contributed by atoms with van der Waals surface area (Å²) in [6.45, 7) is 1.09. The van der Waals surface area contributed by atoms with Gasteiger partial charge in [0.2, 0.25) is 0 Å². The lowest BCUT2D eigenvalue weighted by Gasteiger charge is -2.09. The Balaban J connectivity index is 1.87. The van der Waals surface area contributed by atoms with Gasteiger partial charge in [0.15, 0.2) is 0 Å². The summed E-state index contributed by atoms with van der Waals surface area (Å²) in [7, 11) is 0. The van der Waals surface area contributed by atoms with Gasteiger partial charge in [-0.3, -0.25) is 0 Å². The molecule has 1 saturated heterocycles. The van der Waals surface area contributed by atoms with Gasteiger partial charge in [-0.25, -0.2) is 0 Å². The minimum Gasteiger partial charge on any atom is -0.491 e. The average molecular weight is 234 g/mol. The number of benzene rings is 1. The molecule has 0 aliphatic carbocycles. The number of ether oxygens (including phenoxy) is 3. The Labute approximate surface area is 89.7 Å². The van der Waals surface area contributed by atoms with Crippen molar-refractivity contribution in [1.29, 1.82) is 0 Å². The van der Waals surface area contributed by atoms with Crippen LogP contribution >= 0.6 is 0 Å². The van der Waals surface area contributed by atoms with Crippen LogP contribution in [0.2, 0.25) is 0 Å². The molecule has 1 aromatic rings. The zero-order valence-corrected chi connectivity index (χ0v) is 8.16. The molecule has 0 spiro atoms. The molecule has 0 saturated carbocycles. The van der Waals surface area contributed by atoms with E-state index >= 15 is 0 Å². The SMILES string of the molecule is FC(F)(F)Oc1ccc(OC[C@H]2CO2)cc1. The molecular formula is C10H9F3O3. The topological polar surface area (TPSA) is 31.0 Å². The summed E-state index contributed by atoms with van der Waals surface area (Å²) in [5, 5.41) is 0. The summed E-state index contributed by atoms with van der Waals surface area (Å²) in [5.74, 6) is 0.229. The highest BCUT2D eigenvalue weighted by Crippen LogP contribution is 2.25. The number of rotatable bonds is 4. The largest absolute Gasteiger partial charge is 0.573 e. The molecule has 0 bridgehead atoms. The molecule has 1 fully saturated rings. The van der Waals surface area contributed by atoms with Crippen molar-refractivity contribution in [3.8, 4) is 11.5 Å². The number of alkyl halides is 3. The Hall–Kier alpha value is -1.43. The maximum Gasteiger partial charge on any atom is 0.573 e. The molecule has 0 radical (unpaired) electrons. The van der Waals surface area contributed by atoms with Crippen LogP contribution in [0.15, 0.2) is 24.3 Å². The van der Waals surface area contributed by atoms with Crippen molar-refractivity contribution in [2.45, 2.75) is 12.5 Å². The van der Waals surface area contributed by atoms with Gasteiger partial charge in [-0.1, -0.05) is 0 Å². The highest BCUT2D eigenvalue weighted by molar-refractivity contribution is 5.31. The molecule has 1 atom stereocenters. The third-order valence-corrected chi connectivity index (χ3v) is 1.90. The summed E-state index contributed by atoms with van der Waals surface area (Å²) in [6, 6.07) is 5.25. The van der Waals surface area contributed by atoms with E-state index in [-0.39, 0.29) is 11.9 Å². The van der Waals surface area contributed by atoms with Crippen molar-refractivity contribution in [3.63, 3.8) is 0 Å². The van der Waals surface area contributed by atoms with Gasteiger partial charge >= 0.3 is 6.36 Å². The fourth-order valence-electron chi connectivity index (χ4n) is 1.09. The van der Waals surface area contributed by atoms with E-state index in [4.69, 9.17) is 9.47 Å². The summed E-state index contributed by atoms with van der Waals surface area (Å²) in [5.41, 5.74) is 0. The second-order valence-electron chi connectivity index (χ2n) is 3.29. The highest BCUT2D eigenvalue weighted by Gasteiger charge is 2.31. The second kappa shape index (κ2) is 4.21. The fraction of sp³-hybridized carbons (Fsp3) is 0.400. The van der Waals surface area contributed by atoms with E-state index < -0.39 is 6.36 Å². The van der Waals surface area contributed by atoms with Crippen molar-refractivity contribution in [1.82, 2.24) is 0 Å². The molecule has 6 heteroatoms. The van der Waals surface area contributed by atoms with Crippen molar-refractivity contribution in [3.05, 3.63) is 24.3 Å². The van der Waals surface area contributed by atoms with Crippen molar-refractivity contribution < 1.29 is 27.4 Å². The van der Waals surface area contributed by atoms with Crippen LogP contribution in [-0.4, -0.2) is 25.7 Å². The van der Waals surface area contributed by atoms with Crippen LogP contribution in [0.4, 0.5) is 13.2 Å². The Morgan fingerprint density at radius 3 is 2.25 bits per heavy atom. The summed E-state index contributed by atoms with van der Waals surface area (Å²) >= 11 is 0. The minimum absolute atomic E-state index is 0.117. The number of hydrogen-bond acceptors (Lipinski definition) is 3. The summed E-state index contributed by atoms with van der Waals surface area (Å²) in [4.78, 5) is 0. The summed E-state index contributed by atoms with van der Waals surface area (Å²) in [6.07, 6.45) is -4.55. The van der Waals surface area contributed by atoms with E-state index in [1.807, 2.05) is 0 Å². The molecule has 1 heterocycles. The average Bonchev–Trinajstić information content (AvgIpc) is 2.98. The second-order valence-corrected chi connectivity index (χ2v) is 3.29. The van der Waals surface area contributed by atoms with E-state index in [9.17, 15) is 13.2 Å². The van der Waals surface area contributed by atoms with E-state index in [0.29, 0.717) is 19.0 Å². The molecule has 0 amide bonds. The van der Waals surface area contributed by atoms with E-state index in [1.165, 1.54) is 24.3 Å². The van der Waals surface area contributed by atoms with E-state index in [1.54, 1.807) is 0 Å². The minimum atomic E-state index is -4.66. The van der Waals surface area contributed by atoms with Gasteiger partial charge in [0.1, 0.15) is 24.2 Å². The fourth-order valence-corrected chi connectivity index (χ4v) is 1.09. The molecule has 1 aliphatic heterocycles. The van der Waals surface area contributed by atoms with Crippen LogP contribution in [0, 0.1) is 0 Å². The first-order valence-electron chi connectivity index (χ1n) is 4.63. The Bertz CT molecular complexity index is 343. The maximum atomic E-state index is 11.8. The zero-order valence-electron chi connectivity index (χ0n) is 8.16. The van der Waals surface area contributed by atoms with Gasteiger partial charge in [0.05, 0.1) is 6.61 Å². The smallest absolute Gasteiger partial charge is 0.491 e. The Morgan fingerprint density at radius 2 is 1.75 bits per heavy atom. The molecule has 88 valence electrons. The lowest BCUT2D eigenvalue weighted by molar-refractivity contribution is -0.274. The van der Waals surface area contributed by atoms with Gasteiger partial charge in [-0.2, -0.15) is 0 Å². The van der Waals surface area contributed by atoms with Crippen LogP contribution < -0.4 is 9.47 Å². The first-order valence-corrected chi connectivity index (χ1v) is 4.63. The van der Waals surface area contributed by atoms with E-state index in [2.05, 4.69) is 4.74 Å². The highest BCUT2D eigenvalue weighted by atomic mass is 19.4. The molecule has 0 N–H and O–H groups in total. The molecule has 0 unspecified atom stereocenters. The lowest BCUT2D eigenvalue weighted by atomic mass is 10.3. The van der Waals surface area contributed by atoms with Gasteiger partial charge in [-0.15, -0.1) is 13.2 Å². The first-order chi connectivity index (χ1) is 7.53. The standard InChI is InChI=1S/C10H9F3O3/c11-10(12,13)16-8-3-1-7(2-4-8)14-5-9-6-15-9/h1-4,9H,5-6H2/t9-/m0/s1. The van der Waals surface area contributed by atoms with Gasteiger partial charge in [0, 0.05) is 0 Å². The predicted octanol–water partition coefficient (Wildman–Crippen LogP) is 2.36. The lowest BCUT2D eigenvalue weighted by Crippen LogP contribution is -2.17. The van der Waals surface area contributed by atoms with Crippen LogP contribution in [0.5, 0.6) is 11.5 Å². The normalized spacial score (nSPS) is 19.3. The zero-order chi connectivity index (χ0) is 11.6. The monoisotopic (exact) mass is 234 g/mol. The van der Waals surface area contributed by atoms with E-state index in [0.717, 1.165) is 0 Å². The molecule has 2 rings (SSSR count). The number of epoxide rings is 1. The third-order valence-electron chi connectivity index (χ3n) is 1.90. The predicted molar refractivity (Wildman–Crippen MR) is 48.4 cm³/mol. The van der Waals surface area contributed by atoms with Gasteiger partial charge < -0.3 is 14.2 Å². The Kier molecular flexibility index (Phi) is 2.91. The quantitative estimate of drug-likeness (QED) is 0.749. The Morgan fingerprint density at radius 1 is 1.19 bits per heavy atom. The molecule has 1 aliphatic rings. The van der Waals surface area contributed by atoms with Crippen molar-refractivity contribution in [2.75, 3.05) is 13.2 Å². The first kappa shape index (κ1) is 11.1. The maximum absolute atomic E-state index is 11.8. The van der Waals surface area contributed by atoms with Crippen LogP contribution in [-0.2, 0) is 4.74 Å². The number of halogens is 3.